The molecule has 0 bridgehead atoms. The Bertz CT molecular complexity index is 783. The Labute approximate surface area is 115 Å². The van der Waals surface area contributed by atoms with E-state index in [9.17, 15) is 23.1 Å². The van der Waals surface area contributed by atoms with Crippen LogP contribution < -0.4 is 0 Å². The fourth-order valence-electron chi connectivity index (χ4n) is 1.93. The number of nitro groups is 1. The Morgan fingerprint density at radius 2 is 1.75 bits per heavy atom. The van der Waals surface area contributed by atoms with E-state index in [1.165, 1.54) is 36.4 Å². The summed E-state index contributed by atoms with van der Waals surface area (Å²) < 4.78 is 32.0. The summed E-state index contributed by atoms with van der Waals surface area (Å²) >= 11 is 0. The van der Waals surface area contributed by atoms with E-state index in [1.54, 1.807) is 13.0 Å². The lowest BCUT2D eigenvalue weighted by atomic mass is 10.00. The van der Waals surface area contributed by atoms with Gasteiger partial charge in [-0.1, -0.05) is 24.3 Å². The molecule has 0 unspecified atom stereocenters. The lowest BCUT2D eigenvalue weighted by Gasteiger charge is -2.09. The van der Waals surface area contributed by atoms with Crippen molar-refractivity contribution >= 4 is 15.8 Å². The number of non-ortho nitro benzene ring substituents is 1. The van der Waals surface area contributed by atoms with E-state index in [2.05, 4.69) is 0 Å². The van der Waals surface area contributed by atoms with E-state index >= 15 is 0 Å². The highest BCUT2D eigenvalue weighted by Crippen LogP contribution is 2.32. The van der Waals surface area contributed by atoms with Crippen molar-refractivity contribution in [2.45, 2.75) is 11.8 Å². The van der Waals surface area contributed by atoms with Crippen LogP contribution in [0.25, 0.3) is 11.1 Å². The molecule has 0 heterocycles. The van der Waals surface area contributed by atoms with Gasteiger partial charge in [0.05, 0.1) is 4.92 Å². The molecule has 0 aliphatic rings. The fourth-order valence-corrected chi connectivity index (χ4v) is 2.63. The SMILES string of the molecule is Cc1ccc([N+](=O)[O-])cc1-c1ccccc1S(=O)(=O)O. The molecule has 0 aliphatic heterocycles. The second-order valence-electron chi connectivity index (χ2n) is 4.23. The molecule has 0 saturated heterocycles. The Hall–Kier alpha value is -2.25. The van der Waals surface area contributed by atoms with Gasteiger partial charge in [-0.15, -0.1) is 0 Å². The highest BCUT2D eigenvalue weighted by molar-refractivity contribution is 7.86. The van der Waals surface area contributed by atoms with Gasteiger partial charge in [0.1, 0.15) is 4.90 Å². The molecule has 104 valence electrons. The first-order valence-electron chi connectivity index (χ1n) is 5.62. The summed E-state index contributed by atoms with van der Waals surface area (Å²) in [6, 6.07) is 9.99. The maximum atomic E-state index is 11.4. The van der Waals surface area contributed by atoms with E-state index in [0.29, 0.717) is 11.1 Å². The minimum absolute atomic E-state index is 0.143. The summed E-state index contributed by atoms with van der Waals surface area (Å²) in [5.74, 6) is 0. The third kappa shape index (κ3) is 2.68. The summed E-state index contributed by atoms with van der Waals surface area (Å²) in [5, 5.41) is 10.8. The largest absolute Gasteiger partial charge is 0.295 e. The van der Waals surface area contributed by atoms with Crippen LogP contribution in [0.3, 0.4) is 0 Å². The highest BCUT2D eigenvalue weighted by atomic mass is 32.2. The lowest BCUT2D eigenvalue weighted by Crippen LogP contribution is -2.01. The van der Waals surface area contributed by atoms with Crippen LogP contribution in [-0.4, -0.2) is 17.9 Å². The number of rotatable bonds is 3. The van der Waals surface area contributed by atoms with E-state index in [4.69, 9.17) is 0 Å². The van der Waals surface area contributed by atoms with E-state index in [0.717, 1.165) is 0 Å². The first-order chi connectivity index (χ1) is 9.30. The maximum Gasteiger partial charge on any atom is 0.295 e. The molecule has 7 heteroatoms. The Morgan fingerprint density at radius 1 is 1.10 bits per heavy atom. The van der Waals surface area contributed by atoms with Gasteiger partial charge in [-0.3, -0.25) is 14.7 Å². The van der Waals surface area contributed by atoms with Crippen LogP contribution in [0.4, 0.5) is 5.69 Å². The minimum Gasteiger partial charge on any atom is -0.282 e. The number of hydrogen-bond donors (Lipinski definition) is 1. The zero-order valence-corrected chi connectivity index (χ0v) is 11.3. The first-order valence-corrected chi connectivity index (χ1v) is 7.06. The first kappa shape index (κ1) is 14.2. The predicted octanol–water partition coefficient (Wildman–Crippen LogP) is 2.82. The molecule has 0 fully saturated rings. The van der Waals surface area contributed by atoms with Crippen LogP contribution in [0.2, 0.25) is 0 Å². The van der Waals surface area contributed by atoms with Crippen molar-refractivity contribution in [2.75, 3.05) is 0 Å². The lowest BCUT2D eigenvalue weighted by molar-refractivity contribution is -0.384. The van der Waals surface area contributed by atoms with Crippen molar-refractivity contribution < 1.29 is 17.9 Å². The number of nitro benzene ring substituents is 1. The van der Waals surface area contributed by atoms with Gasteiger partial charge >= 0.3 is 0 Å². The van der Waals surface area contributed by atoms with Gasteiger partial charge in [-0.05, 0) is 24.1 Å². The highest BCUT2D eigenvalue weighted by Gasteiger charge is 2.19. The summed E-state index contributed by atoms with van der Waals surface area (Å²) in [6.07, 6.45) is 0. The standard InChI is InChI=1S/C13H11NO5S/c1-9-6-7-10(14(15)16)8-12(9)11-4-2-3-5-13(11)20(17,18)19/h2-8H,1H3,(H,17,18,19). The third-order valence-corrected chi connectivity index (χ3v) is 3.80. The smallest absolute Gasteiger partial charge is 0.282 e. The molecule has 0 aromatic heterocycles. The van der Waals surface area contributed by atoms with Crippen LogP contribution in [0, 0.1) is 17.0 Å². The summed E-state index contributed by atoms with van der Waals surface area (Å²) in [7, 11) is -4.40. The summed E-state index contributed by atoms with van der Waals surface area (Å²) in [5.41, 5.74) is 1.16. The number of benzene rings is 2. The second kappa shape index (κ2) is 5.03. The van der Waals surface area contributed by atoms with Crippen molar-refractivity contribution in [1.29, 1.82) is 0 Å². The molecule has 0 radical (unpaired) electrons. The Kier molecular flexibility index (Phi) is 3.56. The molecule has 0 amide bonds. The Morgan fingerprint density at radius 3 is 2.35 bits per heavy atom. The molecule has 0 aliphatic carbocycles. The van der Waals surface area contributed by atoms with E-state index in [1.807, 2.05) is 0 Å². The monoisotopic (exact) mass is 293 g/mol. The molecular formula is C13H11NO5S. The van der Waals surface area contributed by atoms with Crippen LogP contribution in [0.5, 0.6) is 0 Å². The van der Waals surface area contributed by atoms with Crippen molar-refractivity contribution in [3.63, 3.8) is 0 Å². The normalized spacial score (nSPS) is 11.3. The van der Waals surface area contributed by atoms with Crippen LogP contribution >= 0.6 is 0 Å². The van der Waals surface area contributed by atoms with Gasteiger partial charge in [0.2, 0.25) is 0 Å². The van der Waals surface area contributed by atoms with Gasteiger partial charge in [0, 0.05) is 17.7 Å². The predicted molar refractivity (Wildman–Crippen MR) is 73.1 cm³/mol. The quantitative estimate of drug-likeness (QED) is 0.533. The zero-order chi connectivity index (χ0) is 14.9. The van der Waals surface area contributed by atoms with Crippen LogP contribution in [0.1, 0.15) is 5.56 Å². The molecule has 6 nitrogen and oxygen atoms in total. The van der Waals surface area contributed by atoms with Crippen LogP contribution in [0.15, 0.2) is 47.4 Å². The minimum atomic E-state index is -4.40. The number of nitrogens with zero attached hydrogens (tertiary/aromatic N) is 1. The third-order valence-electron chi connectivity index (χ3n) is 2.89. The molecule has 0 atom stereocenters. The molecule has 1 N–H and O–H groups in total. The second-order valence-corrected chi connectivity index (χ2v) is 5.62. The summed E-state index contributed by atoms with van der Waals surface area (Å²) in [4.78, 5) is 9.98. The zero-order valence-electron chi connectivity index (χ0n) is 10.5. The van der Waals surface area contributed by atoms with Crippen molar-refractivity contribution in [3.05, 3.63) is 58.1 Å². The van der Waals surface area contributed by atoms with Crippen molar-refractivity contribution in [3.8, 4) is 11.1 Å². The molecule has 2 aromatic carbocycles. The van der Waals surface area contributed by atoms with Crippen molar-refractivity contribution in [1.82, 2.24) is 0 Å². The summed E-state index contributed by atoms with van der Waals surface area (Å²) in [6.45, 7) is 1.71. The average molecular weight is 293 g/mol. The van der Waals surface area contributed by atoms with Gasteiger partial charge in [0.15, 0.2) is 0 Å². The fraction of sp³-hybridized carbons (Fsp3) is 0.0769. The van der Waals surface area contributed by atoms with E-state index in [-0.39, 0.29) is 16.1 Å². The maximum absolute atomic E-state index is 11.4. The molecular weight excluding hydrogens is 282 g/mol. The topological polar surface area (TPSA) is 97.5 Å². The molecule has 2 rings (SSSR count). The van der Waals surface area contributed by atoms with Crippen molar-refractivity contribution in [2.24, 2.45) is 0 Å². The molecule has 20 heavy (non-hydrogen) atoms. The van der Waals surface area contributed by atoms with E-state index < -0.39 is 15.0 Å². The molecule has 0 spiro atoms. The Balaban J connectivity index is 2.75. The average Bonchev–Trinajstić information content (AvgIpc) is 2.38. The van der Waals surface area contributed by atoms with Gasteiger partial charge in [-0.2, -0.15) is 8.42 Å². The van der Waals surface area contributed by atoms with Gasteiger partial charge in [-0.25, -0.2) is 0 Å². The van der Waals surface area contributed by atoms with Gasteiger partial charge in [0.25, 0.3) is 15.8 Å². The van der Waals surface area contributed by atoms with Gasteiger partial charge < -0.3 is 0 Å². The molecule has 0 saturated carbocycles. The number of aryl methyl sites for hydroxylation is 1. The number of hydrogen-bond acceptors (Lipinski definition) is 4. The van der Waals surface area contributed by atoms with Crippen LogP contribution in [-0.2, 0) is 10.1 Å². The molecule has 2 aromatic rings.